The van der Waals surface area contributed by atoms with Crippen molar-refractivity contribution < 1.29 is 28.9 Å². The molecular formula is C32H36N2O6. The van der Waals surface area contributed by atoms with E-state index in [0.717, 1.165) is 17.7 Å². The number of ketones is 1. The van der Waals surface area contributed by atoms with Gasteiger partial charge in [-0.2, -0.15) is 0 Å². The maximum Gasteiger partial charge on any atom is 0.295 e. The molecule has 1 amide bonds. The lowest BCUT2D eigenvalue weighted by atomic mass is 9.95. The smallest absolute Gasteiger partial charge is 0.295 e. The quantitative estimate of drug-likeness (QED) is 0.207. The van der Waals surface area contributed by atoms with Crippen molar-refractivity contribution in [2.24, 2.45) is 0 Å². The van der Waals surface area contributed by atoms with Crippen LogP contribution in [-0.4, -0.2) is 68.0 Å². The average molecular weight is 545 g/mol. The van der Waals surface area contributed by atoms with Gasteiger partial charge in [0.1, 0.15) is 18.1 Å². The minimum absolute atomic E-state index is 0.0375. The van der Waals surface area contributed by atoms with Gasteiger partial charge in [-0.25, -0.2) is 0 Å². The van der Waals surface area contributed by atoms with E-state index in [2.05, 4.69) is 6.07 Å². The first-order valence-electron chi connectivity index (χ1n) is 13.2. The van der Waals surface area contributed by atoms with Crippen LogP contribution in [0.1, 0.15) is 34.7 Å². The lowest BCUT2D eigenvalue weighted by Crippen LogP contribution is -2.32. The fourth-order valence-corrected chi connectivity index (χ4v) is 4.87. The number of carbonyl (C=O) groups excluding carboxylic acids is 2. The maximum atomic E-state index is 13.3. The number of aliphatic hydroxyl groups is 1. The van der Waals surface area contributed by atoms with Gasteiger partial charge in [-0.05, 0) is 81.5 Å². The Morgan fingerprint density at radius 1 is 0.950 bits per heavy atom. The predicted octanol–water partition coefficient (Wildman–Crippen LogP) is 4.96. The first kappa shape index (κ1) is 28.7. The molecule has 0 aliphatic carbocycles. The number of likely N-dealkylation sites (tertiary alicyclic amines) is 1. The van der Waals surface area contributed by atoms with Crippen LogP contribution in [0.15, 0.2) is 72.3 Å². The first-order valence-corrected chi connectivity index (χ1v) is 13.2. The van der Waals surface area contributed by atoms with Crippen molar-refractivity contribution in [2.75, 3.05) is 41.4 Å². The Labute approximate surface area is 235 Å². The summed E-state index contributed by atoms with van der Waals surface area (Å²) >= 11 is 0. The minimum Gasteiger partial charge on any atom is -0.507 e. The van der Waals surface area contributed by atoms with Gasteiger partial charge in [0.2, 0.25) is 0 Å². The topological polar surface area (TPSA) is 88.5 Å². The number of ether oxygens (including phenoxy) is 3. The molecule has 4 rings (SSSR count). The van der Waals surface area contributed by atoms with Crippen LogP contribution < -0.4 is 14.2 Å². The highest BCUT2D eigenvalue weighted by Crippen LogP contribution is 2.42. The number of hydrogen-bond donors (Lipinski definition) is 1. The van der Waals surface area contributed by atoms with Crippen LogP contribution in [0.5, 0.6) is 17.2 Å². The number of amides is 1. The minimum atomic E-state index is -0.779. The molecule has 1 atom stereocenters. The van der Waals surface area contributed by atoms with E-state index < -0.39 is 17.7 Å². The lowest BCUT2D eigenvalue weighted by Gasteiger charge is -2.26. The Morgan fingerprint density at radius 3 is 2.33 bits per heavy atom. The molecule has 3 aromatic rings. The molecule has 0 unspecified atom stereocenters. The molecule has 1 fully saturated rings. The third kappa shape index (κ3) is 6.29. The lowest BCUT2D eigenvalue weighted by molar-refractivity contribution is -0.139. The van der Waals surface area contributed by atoms with Crippen molar-refractivity contribution in [3.63, 3.8) is 0 Å². The van der Waals surface area contributed by atoms with Gasteiger partial charge in [-0.15, -0.1) is 0 Å². The number of nitrogens with zero attached hydrogens (tertiary/aromatic N) is 2. The number of carbonyl (C=O) groups is 2. The van der Waals surface area contributed by atoms with Gasteiger partial charge in [-0.3, -0.25) is 9.59 Å². The van der Waals surface area contributed by atoms with Gasteiger partial charge in [0.05, 0.1) is 25.8 Å². The van der Waals surface area contributed by atoms with Crippen LogP contribution in [-0.2, 0) is 16.2 Å². The van der Waals surface area contributed by atoms with Crippen molar-refractivity contribution in [3.05, 3.63) is 94.6 Å². The monoisotopic (exact) mass is 544 g/mol. The summed E-state index contributed by atoms with van der Waals surface area (Å²) < 4.78 is 16.8. The Balaban J connectivity index is 1.67. The van der Waals surface area contributed by atoms with Crippen LogP contribution in [0, 0.1) is 6.92 Å². The number of hydrogen-bond acceptors (Lipinski definition) is 7. The standard InChI is InChI=1S/C32H36N2O6/c1-21-8-6-9-22(18-21)20-40-25-13-10-23(11-14-25)30(35)28-29(24-12-15-26(38-4)27(19-24)39-5)34(32(37)31(28)36)17-7-16-33(2)3/h6,8-15,18-19,29,35H,7,16-17,20H2,1-5H3/t29-/m0/s1. The molecule has 0 aromatic heterocycles. The summed E-state index contributed by atoms with van der Waals surface area (Å²) in [7, 11) is 6.97. The third-order valence-corrected chi connectivity index (χ3v) is 6.88. The van der Waals surface area contributed by atoms with E-state index in [-0.39, 0.29) is 11.3 Å². The van der Waals surface area contributed by atoms with E-state index >= 15 is 0 Å². The number of rotatable bonds is 11. The molecule has 0 saturated carbocycles. The summed E-state index contributed by atoms with van der Waals surface area (Å²) in [6.45, 7) is 3.53. The van der Waals surface area contributed by atoms with Crippen LogP contribution in [0.4, 0.5) is 0 Å². The molecule has 1 saturated heterocycles. The maximum absolute atomic E-state index is 13.3. The number of aryl methyl sites for hydroxylation is 1. The van der Waals surface area contributed by atoms with Gasteiger partial charge in [0.15, 0.2) is 11.5 Å². The normalized spacial score (nSPS) is 16.4. The molecule has 1 aliphatic heterocycles. The van der Waals surface area contributed by atoms with E-state index in [4.69, 9.17) is 14.2 Å². The van der Waals surface area contributed by atoms with Gasteiger partial charge < -0.3 is 29.1 Å². The van der Waals surface area contributed by atoms with Crippen molar-refractivity contribution in [1.82, 2.24) is 9.80 Å². The number of benzene rings is 3. The van der Waals surface area contributed by atoms with Gasteiger partial charge >= 0.3 is 0 Å². The van der Waals surface area contributed by atoms with Crippen LogP contribution >= 0.6 is 0 Å². The van der Waals surface area contributed by atoms with Crippen molar-refractivity contribution in [1.29, 1.82) is 0 Å². The fourth-order valence-electron chi connectivity index (χ4n) is 4.87. The van der Waals surface area contributed by atoms with Gasteiger partial charge in [0.25, 0.3) is 11.7 Å². The van der Waals surface area contributed by atoms with Crippen LogP contribution in [0.2, 0.25) is 0 Å². The average Bonchev–Trinajstić information content (AvgIpc) is 3.20. The van der Waals surface area contributed by atoms with Crippen LogP contribution in [0.3, 0.4) is 0 Å². The second kappa shape index (κ2) is 12.7. The molecule has 0 spiro atoms. The summed E-state index contributed by atoms with van der Waals surface area (Å²) in [5, 5.41) is 11.4. The Hall–Kier alpha value is -4.30. The Morgan fingerprint density at radius 2 is 1.68 bits per heavy atom. The highest BCUT2D eigenvalue weighted by atomic mass is 16.5. The summed E-state index contributed by atoms with van der Waals surface area (Å²) in [4.78, 5) is 30.1. The molecular weight excluding hydrogens is 508 g/mol. The first-order chi connectivity index (χ1) is 19.2. The van der Waals surface area contributed by atoms with E-state index in [9.17, 15) is 14.7 Å². The highest BCUT2D eigenvalue weighted by Gasteiger charge is 2.46. The number of methoxy groups -OCH3 is 2. The molecule has 1 heterocycles. The molecule has 0 radical (unpaired) electrons. The largest absolute Gasteiger partial charge is 0.507 e. The highest BCUT2D eigenvalue weighted by molar-refractivity contribution is 6.46. The van der Waals surface area contributed by atoms with E-state index in [1.807, 2.05) is 44.1 Å². The zero-order valence-electron chi connectivity index (χ0n) is 23.6. The second-order valence-electron chi connectivity index (χ2n) is 10.1. The summed E-state index contributed by atoms with van der Waals surface area (Å²) in [6, 6.07) is 19.4. The Bertz CT molecular complexity index is 1400. The van der Waals surface area contributed by atoms with Crippen molar-refractivity contribution in [2.45, 2.75) is 26.0 Å². The summed E-state index contributed by atoms with van der Waals surface area (Å²) in [5.74, 6) is 0.0169. The molecule has 0 bridgehead atoms. The molecule has 40 heavy (non-hydrogen) atoms. The molecule has 8 heteroatoms. The fraction of sp³-hybridized carbons (Fsp3) is 0.312. The Kier molecular flexibility index (Phi) is 9.11. The van der Waals surface area contributed by atoms with Crippen molar-refractivity contribution in [3.8, 4) is 17.2 Å². The summed E-state index contributed by atoms with van der Waals surface area (Å²) in [6.07, 6.45) is 0.664. The van der Waals surface area contributed by atoms with Gasteiger partial charge in [0, 0.05) is 12.1 Å². The third-order valence-electron chi connectivity index (χ3n) is 6.88. The zero-order chi connectivity index (χ0) is 28.8. The SMILES string of the molecule is COc1ccc([C@H]2C(=C(O)c3ccc(OCc4cccc(C)c4)cc3)C(=O)C(=O)N2CCCN(C)C)cc1OC. The summed E-state index contributed by atoms with van der Waals surface area (Å²) in [5.41, 5.74) is 3.30. The molecule has 3 aromatic carbocycles. The molecule has 8 nitrogen and oxygen atoms in total. The van der Waals surface area contributed by atoms with E-state index in [0.29, 0.717) is 47.9 Å². The number of aliphatic hydroxyl groups excluding tert-OH is 1. The van der Waals surface area contributed by atoms with E-state index in [1.165, 1.54) is 12.0 Å². The van der Waals surface area contributed by atoms with Gasteiger partial charge in [-0.1, -0.05) is 35.9 Å². The predicted molar refractivity (Wildman–Crippen MR) is 154 cm³/mol. The molecule has 1 aliphatic rings. The van der Waals surface area contributed by atoms with Crippen molar-refractivity contribution >= 4 is 17.4 Å². The van der Waals surface area contributed by atoms with Crippen LogP contribution in [0.25, 0.3) is 5.76 Å². The van der Waals surface area contributed by atoms with E-state index in [1.54, 1.807) is 49.6 Å². The zero-order valence-corrected chi connectivity index (χ0v) is 23.6. The second-order valence-corrected chi connectivity index (χ2v) is 10.1. The molecule has 1 N–H and O–H groups in total. The number of Topliss-reactive ketones (excluding diaryl/α,β-unsaturated/α-hetero) is 1. The molecule has 210 valence electrons.